The van der Waals surface area contributed by atoms with Crippen molar-refractivity contribution in [3.8, 4) is 17.6 Å². The molecule has 0 aliphatic heterocycles. The van der Waals surface area contributed by atoms with Gasteiger partial charge in [-0.05, 0) is 42.8 Å². The van der Waals surface area contributed by atoms with Crippen LogP contribution in [-0.2, 0) is 9.53 Å². The largest absolute Gasteiger partial charge is 0.490 e. The molecule has 1 aromatic heterocycles. The van der Waals surface area contributed by atoms with E-state index in [-0.39, 0.29) is 17.4 Å². The van der Waals surface area contributed by atoms with E-state index in [9.17, 15) is 10.1 Å². The third-order valence-electron chi connectivity index (χ3n) is 3.97. The van der Waals surface area contributed by atoms with Gasteiger partial charge in [-0.15, -0.1) is 0 Å². The fourth-order valence-electron chi connectivity index (χ4n) is 2.66. The number of nitriles is 1. The van der Waals surface area contributed by atoms with Crippen LogP contribution >= 0.6 is 11.6 Å². The number of H-pyrrole nitrogens is 1. The van der Waals surface area contributed by atoms with Crippen LogP contribution in [0, 0.1) is 11.3 Å². The molecule has 0 unspecified atom stereocenters. The van der Waals surface area contributed by atoms with Crippen molar-refractivity contribution >= 4 is 40.3 Å². The van der Waals surface area contributed by atoms with Crippen molar-refractivity contribution < 1.29 is 19.0 Å². The summed E-state index contributed by atoms with van der Waals surface area (Å²) in [4.78, 5) is 18.9. The summed E-state index contributed by atoms with van der Waals surface area (Å²) >= 11 is 6.34. The van der Waals surface area contributed by atoms with Gasteiger partial charge in [0.25, 0.3) is 0 Å². The lowest BCUT2D eigenvalue weighted by Gasteiger charge is -2.14. The zero-order valence-corrected chi connectivity index (χ0v) is 16.6. The van der Waals surface area contributed by atoms with E-state index in [2.05, 4.69) is 20.8 Å². The number of carbonyl (C=O) groups is 1. The highest BCUT2D eigenvalue weighted by molar-refractivity contribution is 6.32. The van der Waals surface area contributed by atoms with E-state index in [1.807, 2.05) is 31.2 Å². The molecule has 1 heterocycles. The SMILES string of the molecule is CCOc1cc(C=C(C#N)c2nc3ccccc3[nH]2)cc(Cl)c1OCC(=O)OC. The Labute approximate surface area is 172 Å². The van der Waals surface area contributed by atoms with E-state index in [1.165, 1.54) is 7.11 Å². The third kappa shape index (κ3) is 4.68. The molecule has 0 fully saturated rings. The van der Waals surface area contributed by atoms with Crippen molar-refractivity contribution in [2.24, 2.45) is 0 Å². The predicted octanol–water partition coefficient (Wildman–Crippen LogP) is 4.23. The standard InChI is InChI=1S/C21H18ClN3O4/c1-3-28-18-10-13(9-15(22)20(18)29-12-19(26)27-2)8-14(11-23)21-24-16-6-4-5-7-17(16)25-21/h4-10H,3,12H2,1-2H3,(H,24,25). The molecule has 3 aromatic rings. The minimum absolute atomic E-state index is 0.235. The number of imidazole rings is 1. The van der Waals surface area contributed by atoms with Gasteiger partial charge in [0.1, 0.15) is 11.9 Å². The van der Waals surface area contributed by atoms with Gasteiger partial charge in [-0.1, -0.05) is 23.7 Å². The van der Waals surface area contributed by atoms with Crippen LogP contribution in [-0.4, -0.2) is 36.3 Å². The maximum Gasteiger partial charge on any atom is 0.343 e. The Balaban J connectivity index is 1.98. The number of nitrogens with zero attached hydrogens (tertiary/aromatic N) is 2. The Morgan fingerprint density at radius 3 is 2.79 bits per heavy atom. The minimum atomic E-state index is -0.538. The number of nitrogens with one attached hydrogen (secondary N) is 1. The zero-order valence-electron chi connectivity index (χ0n) is 15.9. The average molecular weight is 412 g/mol. The first kappa shape index (κ1) is 20.2. The number of para-hydroxylation sites is 2. The van der Waals surface area contributed by atoms with Gasteiger partial charge in [0.05, 0.1) is 35.3 Å². The second-order valence-corrected chi connectivity index (χ2v) is 6.31. The number of hydrogen-bond donors (Lipinski definition) is 1. The quantitative estimate of drug-likeness (QED) is 0.461. The Bertz CT molecular complexity index is 1080. The zero-order chi connectivity index (χ0) is 20.8. The van der Waals surface area contributed by atoms with Crippen LogP contribution < -0.4 is 9.47 Å². The minimum Gasteiger partial charge on any atom is -0.490 e. The molecule has 0 radical (unpaired) electrons. The molecule has 0 spiro atoms. The number of aromatic nitrogens is 2. The van der Waals surface area contributed by atoms with Crippen molar-refractivity contribution in [2.75, 3.05) is 20.3 Å². The van der Waals surface area contributed by atoms with Crippen molar-refractivity contribution in [1.82, 2.24) is 9.97 Å². The van der Waals surface area contributed by atoms with Crippen LogP contribution in [0.2, 0.25) is 5.02 Å². The second kappa shape index (κ2) is 9.13. The van der Waals surface area contributed by atoms with Crippen LogP contribution in [0.4, 0.5) is 0 Å². The smallest absolute Gasteiger partial charge is 0.343 e. The summed E-state index contributed by atoms with van der Waals surface area (Å²) < 4.78 is 15.6. The summed E-state index contributed by atoms with van der Waals surface area (Å²) in [5.74, 6) is 0.508. The van der Waals surface area contributed by atoms with Gasteiger partial charge in [-0.3, -0.25) is 0 Å². The molecule has 1 N–H and O–H groups in total. The number of ether oxygens (including phenoxy) is 3. The van der Waals surface area contributed by atoms with Gasteiger partial charge in [-0.25, -0.2) is 9.78 Å². The molecule has 148 valence electrons. The molecule has 0 bridgehead atoms. The van der Waals surface area contributed by atoms with E-state index in [1.54, 1.807) is 18.2 Å². The van der Waals surface area contributed by atoms with Crippen LogP contribution in [0.1, 0.15) is 18.3 Å². The number of methoxy groups -OCH3 is 1. The van der Waals surface area contributed by atoms with E-state index in [0.29, 0.717) is 29.3 Å². The molecule has 0 amide bonds. The van der Waals surface area contributed by atoms with Gasteiger partial charge < -0.3 is 19.2 Å². The molecule has 0 saturated carbocycles. The van der Waals surface area contributed by atoms with Gasteiger partial charge >= 0.3 is 5.97 Å². The summed E-state index contributed by atoms with van der Waals surface area (Å²) in [5, 5.41) is 9.86. The highest BCUT2D eigenvalue weighted by atomic mass is 35.5. The fourth-order valence-corrected chi connectivity index (χ4v) is 2.94. The molecular formula is C21H18ClN3O4. The molecule has 0 aliphatic rings. The summed E-state index contributed by atoms with van der Waals surface area (Å²) in [6.07, 6.45) is 1.65. The van der Waals surface area contributed by atoms with Gasteiger partial charge in [0, 0.05) is 0 Å². The van der Waals surface area contributed by atoms with Gasteiger partial charge in [0.2, 0.25) is 0 Å². The van der Waals surface area contributed by atoms with Crippen molar-refractivity contribution in [1.29, 1.82) is 5.26 Å². The van der Waals surface area contributed by atoms with Crippen LogP contribution in [0.15, 0.2) is 36.4 Å². The molecule has 7 nitrogen and oxygen atoms in total. The van der Waals surface area contributed by atoms with Gasteiger partial charge in [0.15, 0.2) is 18.1 Å². The maximum atomic E-state index is 11.4. The number of benzene rings is 2. The highest BCUT2D eigenvalue weighted by Gasteiger charge is 2.15. The second-order valence-electron chi connectivity index (χ2n) is 5.90. The molecule has 8 heteroatoms. The highest BCUT2D eigenvalue weighted by Crippen LogP contribution is 2.37. The van der Waals surface area contributed by atoms with E-state index >= 15 is 0 Å². The molecule has 0 aliphatic carbocycles. The first-order chi connectivity index (χ1) is 14.0. The van der Waals surface area contributed by atoms with E-state index < -0.39 is 5.97 Å². The van der Waals surface area contributed by atoms with Crippen molar-refractivity contribution in [2.45, 2.75) is 6.92 Å². The predicted molar refractivity (Wildman–Crippen MR) is 110 cm³/mol. The number of allylic oxidation sites excluding steroid dienone is 1. The maximum absolute atomic E-state index is 11.4. The number of fused-ring (bicyclic) bond motifs is 1. The number of hydrogen-bond acceptors (Lipinski definition) is 6. The van der Waals surface area contributed by atoms with Crippen molar-refractivity contribution in [3.63, 3.8) is 0 Å². The molecule has 0 atom stereocenters. The first-order valence-electron chi connectivity index (χ1n) is 8.78. The normalized spacial score (nSPS) is 11.2. The van der Waals surface area contributed by atoms with Crippen molar-refractivity contribution in [3.05, 3.63) is 52.8 Å². The number of halogens is 1. The van der Waals surface area contributed by atoms with E-state index in [0.717, 1.165) is 11.0 Å². The van der Waals surface area contributed by atoms with E-state index in [4.69, 9.17) is 21.1 Å². The number of rotatable bonds is 7. The molecule has 0 saturated heterocycles. The lowest BCUT2D eigenvalue weighted by Crippen LogP contribution is -2.13. The Hall–Kier alpha value is -3.50. The number of carbonyl (C=O) groups excluding carboxylic acids is 1. The lowest BCUT2D eigenvalue weighted by molar-refractivity contribution is -0.142. The monoisotopic (exact) mass is 411 g/mol. The third-order valence-corrected chi connectivity index (χ3v) is 4.25. The van der Waals surface area contributed by atoms with Crippen LogP contribution in [0.3, 0.4) is 0 Å². The lowest BCUT2D eigenvalue weighted by atomic mass is 10.1. The Morgan fingerprint density at radius 1 is 1.31 bits per heavy atom. The molecular weight excluding hydrogens is 394 g/mol. The molecule has 3 rings (SSSR count). The fraction of sp³-hybridized carbons (Fsp3) is 0.190. The number of esters is 1. The van der Waals surface area contributed by atoms with Crippen LogP contribution in [0.25, 0.3) is 22.7 Å². The Kier molecular flexibility index (Phi) is 6.37. The average Bonchev–Trinajstić information content (AvgIpc) is 3.15. The van der Waals surface area contributed by atoms with Crippen LogP contribution in [0.5, 0.6) is 11.5 Å². The molecule has 2 aromatic carbocycles. The summed E-state index contributed by atoms with van der Waals surface area (Å²) in [6, 6.07) is 13.0. The number of aromatic amines is 1. The summed E-state index contributed by atoms with van der Waals surface area (Å²) in [5.41, 5.74) is 2.57. The first-order valence-corrected chi connectivity index (χ1v) is 9.16. The Morgan fingerprint density at radius 2 is 2.10 bits per heavy atom. The van der Waals surface area contributed by atoms with Gasteiger partial charge in [-0.2, -0.15) is 5.26 Å². The summed E-state index contributed by atoms with van der Waals surface area (Å²) in [6.45, 7) is 1.89. The summed E-state index contributed by atoms with van der Waals surface area (Å²) in [7, 11) is 1.27. The molecule has 29 heavy (non-hydrogen) atoms. The topological polar surface area (TPSA) is 97.2 Å².